The molecule has 1 aliphatic rings. The Morgan fingerprint density at radius 2 is 1.90 bits per heavy atom. The van der Waals surface area contributed by atoms with Crippen LogP contribution < -0.4 is 0 Å². The average molecular weight is 317 g/mol. The minimum atomic E-state index is -3.72. The molecule has 0 saturated carbocycles. The summed E-state index contributed by atoms with van der Waals surface area (Å²) in [6.45, 7) is 5.10. The molecule has 0 spiro atoms. The Hall–Kier alpha value is -1.02. The molecule has 1 heterocycles. The first kappa shape index (κ1) is 16.4. The Kier molecular flexibility index (Phi) is 4.67. The van der Waals surface area contributed by atoms with E-state index < -0.39 is 22.4 Å². The molecule has 0 radical (unpaired) electrons. The van der Waals surface area contributed by atoms with Gasteiger partial charge in [-0.15, -0.1) is 0 Å². The highest BCUT2D eigenvalue weighted by atomic mass is 32.2. The summed E-state index contributed by atoms with van der Waals surface area (Å²) in [6, 6.07) is 2.50. The van der Waals surface area contributed by atoms with Crippen LogP contribution in [-0.4, -0.2) is 43.1 Å². The molecule has 1 aromatic rings. The summed E-state index contributed by atoms with van der Waals surface area (Å²) in [5, 5.41) is 9.16. The Bertz CT molecular complexity index is 622. The third-order valence-electron chi connectivity index (χ3n) is 3.50. The van der Waals surface area contributed by atoms with Crippen LogP contribution in [-0.2, 0) is 21.4 Å². The summed E-state index contributed by atoms with van der Waals surface area (Å²) in [5.74, 6) is -0.569. The van der Waals surface area contributed by atoms with Crippen LogP contribution in [0.15, 0.2) is 17.0 Å². The minimum absolute atomic E-state index is 0.00625. The Balaban J connectivity index is 2.42. The Morgan fingerprint density at radius 1 is 1.33 bits per heavy atom. The van der Waals surface area contributed by atoms with Crippen molar-refractivity contribution in [2.45, 2.75) is 44.5 Å². The molecule has 1 saturated heterocycles. The fourth-order valence-electron chi connectivity index (χ4n) is 2.55. The summed E-state index contributed by atoms with van der Waals surface area (Å²) >= 11 is 0. The van der Waals surface area contributed by atoms with E-state index in [1.807, 2.05) is 13.8 Å². The molecule has 7 heteroatoms. The van der Waals surface area contributed by atoms with Crippen molar-refractivity contribution in [3.05, 3.63) is 29.1 Å². The highest BCUT2D eigenvalue weighted by Gasteiger charge is 2.32. The van der Waals surface area contributed by atoms with Crippen LogP contribution in [0.5, 0.6) is 0 Å². The normalized spacial score (nSPS) is 24.2. The van der Waals surface area contributed by atoms with Gasteiger partial charge in [-0.25, -0.2) is 12.8 Å². The summed E-state index contributed by atoms with van der Waals surface area (Å²) < 4.78 is 46.0. The number of aryl methyl sites for hydroxylation is 1. The molecule has 0 aromatic heterocycles. The molecule has 0 aliphatic carbocycles. The molecular weight excluding hydrogens is 297 g/mol. The number of hydrogen-bond donors (Lipinski definition) is 1. The van der Waals surface area contributed by atoms with Crippen LogP contribution in [0.25, 0.3) is 0 Å². The summed E-state index contributed by atoms with van der Waals surface area (Å²) in [7, 11) is -3.72. The first-order valence-electron chi connectivity index (χ1n) is 6.81. The number of aliphatic hydroxyl groups excluding tert-OH is 1. The maximum atomic E-state index is 13.7. The van der Waals surface area contributed by atoms with E-state index in [2.05, 4.69) is 0 Å². The van der Waals surface area contributed by atoms with E-state index in [0.717, 1.165) is 0 Å². The smallest absolute Gasteiger partial charge is 0.243 e. The first-order chi connectivity index (χ1) is 9.75. The Labute approximate surface area is 124 Å². The molecule has 1 aromatic carbocycles. The van der Waals surface area contributed by atoms with E-state index in [0.29, 0.717) is 0 Å². The van der Waals surface area contributed by atoms with E-state index in [1.165, 1.54) is 23.4 Å². The van der Waals surface area contributed by atoms with Crippen molar-refractivity contribution in [1.82, 2.24) is 4.31 Å². The number of halogens is 1. The van der Waals surface area contributed by atoms with E-state index in [1.54, 1.807) is 0 Å². The zero-order valence-corrected chi connectivity index (χ0v) is 13.2. The number of rotatable bonds is 3. The molecule has 21 heavy (non-hydrogen) atoms. The van der Waals surface area contributed by atoms with Crippen molar-refractivity contribution in [2.24, 2.45) is 0 Å². The quantitative estimate of drug-likeness (QED) is 0.916. The fraction of sp³-hybridized carbons (Fsp3) is 0.571. The second kappa shape index (κ2) is 6.00. The molecule has 1 N–H and O–H groups in total. The number of sulfonamides is 1. The summed E-state index contributed by atoms with van der Waals surface area (Å²) in [6.07, 6.45) is -0.384. The van der Waals surface area contributed by atoms with Crippen LogP contribution in [0.2, 0.25) is 0 Å². The molecule has 1 fully saturated rings. The third kappa shape index (κ3) is 3.26. The number of morpholine rings is 1. The predicted molar refractivity (Wildman–Crippen MR) is 75.8 cm³/mol. The maximum Gasteiger partial charge on any atom is 0.243 e. The second-order valence-electron chi connectivity index (χ2n) is 5.45. The van der Waals surface area contributed by atoms with Crippen molar-refractivity contribution < 1.29 is 22.7 Å². The van der Waals surface area contributed by atoms with E-state index in [4.69, 9.17) is 9.84 Å². The van der Waals surface area contributed by atoms with Crippen molar-refractivity contribution in [2.75, 3.05) is 13.1 Å². The van der Waals surface area contributed by atoms with Crippen molar-refractivity contribution in [1.29, 1.82) is 0 Å². The number of benzene rings is 1. The monoisotopic (exact) mass is 317 g/mol. The summed E-state index contributed by atoms with van der Waals surface area (Å²) in [4.78, 5) is 0.00625. The van der Waals surface area contributed by atoms with Gasteiger partial charge in [-0.3, -0.25) is 0 Å². The van der Waals surface area contributed by atoms with Crippen LogP contribution in [0.3, 0.4) is 0 Å². The first-order valence-corrected chi connectivity index (χ1v) is 8.25. The molecule has 2 atom stereocenters. The van der Waals surface area contributed by atoms with Crippen LogP contribution >= 0.6 is 0 Å². The zero-order chi connectivity index (χ0) is 15.8. The van der Waals surface area contributed by atoms with Gasteiger partial charge in [0, 0.05) is 18.7 Å². The lowest BCUT2D eigenvalue weighted by atomic mass is 10.1. The Morgan fingerprint density at radius 3 is 2.43 bits per heavy atom. The maximum absolute atomic E-state index is 13.7. The highest BCUT2D eigenvalue weighted by molar-refractivity contribution is 7.89. The lowest BCUT2D eigenvalue weighted by Gasteiger charge is -2.34. The summed E-state index contributed by atoms with van der Waals surface area (Å²) in [5.41, 5.74) is 0.192. The fourth-order valence-corrected chi connectivity index (χ4v) is 4.27. The lowest BCUT2D eigenvalue weighted by Crippen LogP contribution is -2.48. The molecule has 0 bridgehead atoms. The highest BCUT2D eigenvalue weighted by Crippen LogP contribution is 2.25. The van der Waals surface area contributed by atoms with Crippen molar-refractivity contribution >= 4 is 10.0 Å². The van der Waals surface area contributed by atoms with Gasteiger partial charge in [0.25, 0.3) is 0 Å². The lowest BCUT2D eigenvalue weighted by molar-refractivity contribution is -0.0440. The van der Waals surface area contributed by atoms with Gasteiger partial charge in [0.05, 0.1) is 23.7 Å². The van der Waals surface area contributed by atoms with Gasteiger partial charge in [0.1, 0.15) is 5.82 Å². The van der Waals surface area contributed by atoms with Gasteiger partial charge >= 0.3 is 0 Å². The molecule has 1 aliphatic heterocycles. The number of nitrogens with zero attached hydrogens (tertiary/aromatic N) is 1. The van der Waals surface area contributed by atoms with Gasteiger partial charge in [-0.2, -0.15) is 4.31 Å². The standard InChI is InChI=1S/C14H20FNO4S/c1-9-4-13(5-12(8-17)14(9)15)21(18,19)16-6-10(2)20-11(3)7-16/h4-5,10-11,17H,6-8H2,1-3H3/t10-,11+. The average Bonchev–Trinajstić information content (AvgIpc) is 2.40. The number of aliphatic hydroxyl groups is 1. The minimum Gasteiger partial charge on any atom is -0.392 e. The van der Waals surface area contributed by atoms with Gasteiger partial charge < -0.3 is 9.84 Å². The zero-order valence-electron chi connectivity index (χ0n) is 12.3. The molecule has 5 nitrogen and oxygen atoms in total. The van der Waals surface area contributed by atoms with E-state index in [9.17, 15) is 12.8 Å². The second-order valence-corrected chi connectivity index (χ2v) is 7.39. The third-order valence-corrected chi connectivity index (χ3v) is 5.31. The molecule has 118 valence electrons. The van der Waals surface area contributed by atoms with Gasteiger partial charge in [-0.1, -0.05) is 0 Å². The van der Waals surface area contributed by atoms with Crippen LogP contribution in [0, 0.1) is 12.7 Å². The molecular formula is C14H20FNO4S. The number of ether oxygens (including phenoxy) is 1. The topological polar surface area (TPSA) is 66.8 Å². The van der Waals surface area contributed by atoms with E-state index in [-0.39, 0.29) is 41.3 Å². The van der Waals surface area contributed by atoms with Gasteiger partial charge in [0.15, 0.2) is 0 Å². The number of hydrogen-bond acceptors (Lipinski definition) is 4. The van der Waals surface area contributed by atoms with Crippen molar-refractivity contribution in [3.63, 3.8) is 0 Å². The predicted octanol–water partition coefficient (Wildman–Crippen LogP) is 1.42. The van der Waals surface area contributed by atoms with Gasteiger partial charge in [0.2, 0.25) is 10.0 Å². The largest absolute Gasteiger partial charge is 0.392 e. The molecule has 2 rings (SSSR count). The van der Waals surface area contributed by atoms with Crippen molar-refractivity contribution in [3.8, 4) is 0 Å². The van der Waals surface area contributed by atoms with Crippen LogP contribution in [0.4, 0.5) is 4.39 Å². The van der Waals surface area contributed by atoms with E-state index >= 15 is 0 Å². The molecule has 0 amide bonds. The van der Waals surface area contributed by atoms with Crippen LogP contribution in [0.1, 0.15) is 25.0 Å². The molecule has 0 unspecified atom stereocenters. The van der Waals surface area contributed by atoms with Gasteiger partial charge in [-0.05, 0) is 38.5 Å². The SMILES string of the molecule is Cc1cc(S(=O)(=O)N2C[C@@H](C)O[C@@H](C)C2)cc(CO)c1F.